The minimum Gasteiger partial charge on any atom is -0.462 e. The van der Waals surface area contributed by atoms with E-state index in [9.17, 15) is 17.6 Å². The predicted molar refractivity (Wildman–Crippen MR) is 142 cm³/mol. The van der Waals surface area contributed by atoms with Gasteiger partial charge in [-0.15, -0.1) is 6.58 Å². The van der Waals surface area contributed by atoms with Crippen molar-refractivity contribution < 1.29 is 22.3 Å². The van der Waals surface area contributed by atoms with Crippen molar-refractivity contribution in [1.82, 2.24) is 30.2 Å². The van der Waals surface area contributed by atoms with Crippen molar-refractivity contribution in [1.29, 1.82) is 0 Å². The number of hydrogen-bond donors (Lipinski definition) is 2. The van der Waals surface area contributed by atoms with Crippen molar-refractivity contribution in [2.75, 3.05) is 43.9 Å². The second-order valence-corrected chi connectivity index (χ2v) is 10.9. The van der Waals surface area contributed by atoms with Gasteiger partial charge in [0.25, 0.3) is 0 Å². The SMILES string of the molecule is C=CC12CCC(CN(c3nc(OCC4CCCN4C)nc4cc(-c5nc(N)cc(F)c5C(F)(F)F)ncc34)C1)N2. The van der Waals surface area contributed by atoms with Crippen LogP contribution in [0.5, 0.6) is 6.01 Å². The van der Waals surface area contributed by atoms with Crippen molar-refractivity contribution in [2.45, 2.75) is 49.5 Å². The third-order valence-electron chi connectivity index (χ3n) is 8.17. The number of nitrogens with two attached hydrogens (primary N) is 1. The standard InChI is InChI=1S/C27H30F4N8O/c1-3-26-7-6-15(37-26)12-39(14-26)24-17-11-33-20(23-22(27(29,30)31)18(28)9-21(32)35-23)10-19(17)34-25(36-24)40-13-16-5-4-8-38(16)2/h3,9-11,15-16,37H,1,4-8,12-14H2,2H3,(H2,32,35). The number of rotatable bonds is 6. The molecule has 0 aliphatic carbocycles. The minimum absolute atomic E-state index is 0.112. The molecule has 0 amide bonds. The lowest BCUT2D eigenvalue weighted by Crippen LogP contribution is -2.58. The monoisotopic (exact) mass is 558 g/mol. The van der Waals surface area contributed by atoms with E-state index in [1.165, 1.54) is 12.3 Å². The van der Waals surface area contributed by atoms with Crippen LogP contribution in [0.4, 0.5) is 29.2 Å². The number of likely N-dealkylation sites (tertiary alicyclic amines) is 1. The summed E-state index contributed by atoms with van der Waals surface area (Å²) in [6.07, 6.45) is 2.30. The second kappa shape index (κ2) is 9.81. The van der Waals surface area contributed by atoms with E-state index >= 15 is 0 Å². The third-order valence-corrected chi connectivity index (χ3v) is 8.17. The van der Waals surface area contributed by atoms with Crippen LogP contribution in [0.1, 0.15) is 31.2 Å². The zero-order valence-electron chi connectivity index (χ0n) is 22.0. The average Bonchev–Trinajstić information content (AvgIpc) is 3.46. The molecule has 6 rings (SSSR count). The van der Waals surface area contributed by atoms with E-state index in [4.69, 9.17) is 15.5 Å². The number of nitrogen functional groups attached to an aromatic ring is 1. The minimum atomic E-state index is -5.01. The summed E-state index contributed by atoms with van der Waals surface area (Å²) in [6.45, 7) is 6.66. The first kappa shape index (κ1) is 26.6. The number of halogens is 4. The molecule has 0 radical (unpaired) electrons. The molecule has 40 heavy (non-hydrogen) atoms. The number of fused-ring (bicyclic) bond motifs is 3. The Bertz CT molecular complexity index is 1470. The van der Waals surface area contributed by atoms with Crippen LogP contribution in [0.25, 0.3) is 22.3 Å². The lowest BCUT2D eigenvalue weighted by Gasteiger charge is -2.40. The Balaban J connectivity index is 1.46. The fraction of sp³-hybridized carbons (Fsp3) is 0.481. The summed E-state index contributed by atoms with van der Waals surface area (Å²) in [7, 11) is 2.03. The maximum Gasteiger partial charge on any atom is 0.421 e. The fourth-order valence-electron chi connectivity index (χ4n) is 6.07. The van der Waals surface area contributed by atoms with Crippen molar-refractivity contribution in [3.8, 4) is 17.4 Å². The van der Waals surface area contributed by atoms with Crippen LogP contribution in [-0.4, -0.2) is 75.7 Å². The van der Waals surface area contributed by atoms with Crippen LogP contribution < -0.4 is 20.7 Å². The zero-order chi connectivity index (χ0) is 28.2. The molecule has 6 heterocycles. The highest BCUT2D eigenvalue weighted by Crippen LogP contribution is 2.40. The van der Waals surface area contributed by atoms with Crippen molar-refractivity contribution in [2.24, 2.45) is 0 Å². The molecule has 3 fully saturated rings. The van der Waals surface area contributed by atoms with Gasteiger partial charge in [0.2, 0.25) is 0 Å². The molecule has 9 nitrogen and oxygen atoms in total. The Kier molecular flexibility index (Phi) is 6.53. The summed E-state index contributed by atoms with van der Waals surface area (Å²) in [5.74, 6) is -1.33. The van der Waals surface area contributed by atoms with Crippen LogP contribution in [0.15, 0.2) is 31.0 Å². The molecule has 0 spiro atoms. The summed E-state index contributed by atoms with van der Waals surface area (Å²) >= 11 is 0. The lowest BCUT2D eigenvalue weighted by molar-refractivity contribution is -0.139. The van der Waals surface area contributed by atoms with Crippen molar-refractivity contribution >= 4 is 22.5 Å². The van der Waals surface area contributed by atoms with E-state index in [-0.39, 0.29) is 35.1 Å². The van der Waals surface area contributed by atoms with E-state index in [2.05, 4.69) is 36.6 Å². The predicted octanol–water partition coefficient (Wildman–Crippen LogP) is 3.80. The molecule has 0 aromatic carbocycles. The van der Waals surface area contributed by atoms with Crippen LogP contribution >= 0.6 is 0 Å². The molecule has 3 aromatic heterocycles. The Hall–Kier alpha value is -3.58. The van der Waals surface area contributed by atoms with Crippen LogP contribution in [0.3, 0.4) is 0 Å². The fourth-order valence-corrected chi connectivity index (χ4v) is 6.07. The number of likely N-dealkylation sites (N-methyl/N-ethyl adjacent to an activating group) is 1. The van der Waals surface area contributed by atoms with Gasteiger partial charge in [0, 0.05) is 37.4 Å². The Labute approximate surface area is 228 Å². The first-order valence-electron chi connectivity index (χ1n) is 13.3. The summed E-state index contributed by atoms with van der Waals surface area (Å²) in [5, 5.41) is 4.16. The first-order valence-corrected chi connectivity index (χ1v) is 13.3. The second-order valence-electron chi connectivity index (χ2n) is 10.9. The maximum atomic E-state index is 14.5. The maximum absolute atomic E-state index is 14.5. The smallest absolute Gasteiger partial charge is 0.421 e. The number of pyridine rings is 2. The molecular formula is C27H30F4N8O. The quantitative estimate of drug-likeness (QED) is 0.345. The van der Waals surface area contributed by atoms with Gasteiger partial charge in [-0.05, 0) is 45.3 Å². The molecule has 2 bridgehead atoms. The third kappa shape index (κ3) is 4.81. The largest absolute Gasteiger partial charge is 0.462 e. The molecule has 3 saturated heterocycles. The van der Waals surface area contributed by atoms with Gasteiger partial charge < -0.3 is 25.6 Å². The Morgan fingerprint density at radius 1 is 1.25 bits per heavy atom. The number of nitrogens with zero attached hydrogens (tertiary/aromatic N) is 6. The number of alkyl halides is 3. The summed E-state index contributed by atoms with van der Waals surface area (Å²) < 4.78 is 62.0. The number of piperazine rings is 1. The summed E-state index contributed by atoms with van der Waals surface area (Å²) in [6, 6.07) is 2.46. The van der Waals surface area contributed by atoms with E-state index in [1.807, 2.05) is 13.1 Å². The van der Waals surface area contributed by atoms with E-state index in [1.54, 1.807) is 0 Å². The first-order chi connectivity index (χ1) is 19.0. The van der Waals surface area contributed by atoms with E-state index in [0.29, 0.717) is 42.5 Å². The normalized spacial score (nSPS) is 25.1. The van der Waals surface area contributed by atoms with E-state index < -0.39 is 23.3 Å². The number of nitrogens with one attached hydrogen (secondary N) is 1. The number of ether oxygens (including phenoxy) is 1. The molecule has 0 saturated carbocycles. The van der Waals surface area contributed by atoms with Gasteiger partial charge in [-0.25, -0.2) is 9.37 Å². The average molecular weight is 559 g/mol. The molecule has 13 heteroatoms. The summed E-state index contributed by atoms with van der Waals surface area (Å²) in [5.41, 5.74) is 3.21. The molecule has 3 atom stereocenters. The van der Waals surface area contributed by atoms with Gasteiger partial charge in [-0.2, -0.15) is 23.1 Å². The van der Waals surface area contributed by atoms with Crippen LogP contribution in [-0.2, 0) is 6.18 Å². The number of aromatic nitrogens is 4. The molecule has 3 aromatic rings. The van der Waals surface area contributed by atoms with Gasteiger partial charge in [0.15, 0.2) is 0 Å². The van der Waals surface area contributed by atoms with E-state index in [0.717, 1.165) is 32.2 Å². The highest BCUT2D eigenvalue weighted by Gasteiger charge is 2.43. The number of anilines is 2. The highest BCUT2D eigenvalue weighted by atomic mass is 19.4. The van der Waals surface area contributed by atoms with Crippen LogP contribution in [0, 0.1) is 5.82 Å². The molecular weight excluding hydrogens is 528 g/mol. The number of hydrogen-bond acceptors (Lipinski definition) is 9. The van der Waals surface area contributed by atoms with Gasteiger partial charge >= 0.3 is 12.2 Å². The summed E-state index contributed by atoms with van der Waals surface area (Å²) in [4.78, 5) is 21.7. The lowest BCUT2D eigenvalue weighted by atomic mass is 9.97. The molecule has 3 aliphatic rings. The Morgan fingerprint density at radius 2 is 2.08 bits per heavy atom. The topological polar surface area (TPSA) is 105 Å². The zero-order valence-corrected chi connectivity index (χ0v) is 22.0. The molecule has 3 N–H and O–H groups in total. The van der Waals surface area contributed by atoms with Gasteiger partial charge in [0.05, 0.1) is 22.1 Å². The Morgan fingerprint density at radius 3 is 2.80 bits per heavy atom. The molecule has 3 unspecified atom stereocenters. The highest BCUT2D eigenvalue weighted by molar-refractivity contribution is 5.91. The van der Waals surface area contributed by atoms with Gasteiger partial charge in [0.1, 0.15) is 35.3 Å². The molecule has 212 valence electrons. The van der Waals surface area contributed by atoms with Crippen LogP contribution in [0.2, 0.25) is 0 Å². The van der Waals surface area contributed by atoms with Crippen molar-refractivity contribution in [3.63, 3.8) is 0 Å². The van der Waals surface area contributed by atoms with Gasteiger partial charge in [-0.1, -0.05) is 6.08 Å². The molecule has 3 aliphatic heterocycles. The van der Waals surface area contributed by atoms with Gasteiger partial charge in [-0.3, -0.25) is 4.98 Å². The van der Waals surface area contributed by atoms with Crippen molar-refractivity contribution in [3.05, 3.63) is 42.4 Å².